The molecule has 2 amide bonds. The summed E-state index contributed by atoms with van der Waals surface area (Å²) in [4.78, 5) is 33.0. The largest absolute Gasteiger partial charge is 0.480 e. The van der Waals surface area contributed by atoms with Crippen molar-refractivity contribution in [1.29, 1.82) is 0 Å². The van der Waals surface area contributed by atoms with Crippen molar-refractivity contribution >= 4 is 11.8 Å². The van der Waals surface area contributed by atoms with E-state index in [9.17, 15) is 9.59 Å². The molecule has 0 aliphatic carbocycles. The van der Waals surface area contributed by atoms with Gasteiger partial charge in [-0.15, -0.1) is 0 Å². The summed E-state index contributed by atoms with van der Waals surface area (Å²) in [5.74, 6) is 0.821. The second kappa shape index (κ2) is 6.78. The molecule has 1 aromatic heterocycles. The zero-order valence-electron chi connectivity index (χ0n) is 14.7. The van der Waals surface area contributed by atoms with E-state index in [0.717, 1.165) is 11.3 Å². The molecule has 6 nitrogen and oxygen atoms in total. The Morgan fingerprint density at radius 2 is 1.65 bits per heavy atom. The number of fused-ring (bicyclic) bond motifs is 1. The van der Waals surface area contributed by atoms with Crippen LogP contribution in [0, 0.1) is 0 Å². The first kappa shape index (κ1) is 16.6. The molecule has 4 rings (SSSR count). The van der Waals surface area contributed by atoms with E-state index < -0.39 is 6.10 Å². The lowest BCUT2D eigenvalue weighted by atomic mass is 9.96. The van der Waals surface area contributed by atoms with Crippen molar-refractivity contribution in [2.45, 2.75) is 18.9 Å². The summed E-state index contributed by atoms with van der Waals surface area (Å²) in [6.07, 6.45) is 2.75. The number of nitrogens with zero attached hydrogens (tertiary/aromatic N) is 3. The van der Waals surface area contributed by atoms with Crippen molar-refractivity contribution in [2.24, 2.45) is 0 Å². The van der Waals surface area contributed by atoms with Gasteiger partial charge in [0.15, 0.2) is 6.10 Å². The highest BCUT2D eigenvalue weighted by Gasteiger charge is 2.39. The maximum atomic E-state index is 12.9. The van der Waals surface area contributed by atoms with Gasteiger partial charge in [-0.05, 0) is 18.2 Å². The fourth-order valence-corrected chi connectivity index (χ4v) is 3.62. The molecule has 134 valence electrons. The third-order valence-corrected chi connectivity index (χ3v) is 5.17. The number of benzene rings is 1. The first-order valence-corrected chi connectivity index (χ1v) is 8.89. The first-order chi connectivity index (χ1) is 12.6. The molecular weight excluding hydrogens is 330 g/mol. The van der Waals surface area contributed by atoms with E-state index in [1.807, 2.05) is 36.1 Å². The number of piperazine rings is 1. The zero-order chi connectivity index (χ0) is 18.1. The lowest BCUT2D eigenvalue weighted by Gasteiger charge is -2.36. The highest BCUT2D eigenvalue weighted by Crippen LogP contribution is 2.38. The van der Waals surface area contributed by atoms with Crippen molar-refractivity contribution in [1.82, 2.24) is 14.8 Å². The molecule has 2 aromatic rings. The summed E-state index contributed by atoms with van der Waals surface area (Å²) in [5, 5.41) is 0. The summed E-state index contributed by atoms with van der Waals surface area (Å²) in [6, 6.07) is 11.2. The minimum absolute atomic E-state index is 0.00436. The number of ether oxygens (including phenoxy) is 1. The van der Waals surface area contributed by atoms with Crippen LogP contribution < -0.4 is 4.74 Å². The summed E-state index contributed by atoms with van der Waals surface area (Å²) in [7, 11) is 0. The number of carbonyl (C=O) groups is 2. The van der Waals surface area contributed by atoms with Crippen LogP contribution in [0.1, 0.15) is 28.8 Å². The molecule has 26 heavy (non-hydrogen) atoms. The predicted octanol–water partition coefficient (Wildman–Crippen LogP) is 1.93. The van der Waals surface area contributed by atoms with E-state index in [1.54, 1.807) is 29.4 Å². The van der Waals surface area contributed by atoms with E-state index >= 15 is 0 Å². The van der Waals surface area contributed by atoms with Gasteiger partial charge in [0.25, 0.3) is 11.8 Å². The molecule has 1 aromatic carbocycles. The van der Waals surface area contributed by atoms with Crippen molar-refractivity contribution in [3.8, 4) is 5.75 Å². The molecule has 0 unspecified atom stereocenters. The molecule has 0 N–H and O–H groups in total. The fourth-order valence-electron chi connectivity index (χ4n) is 3.62. The average molecular weight is 351 g/mol. The summed E-state index contributed by atoms with van der Waals surface area (Å²) >= 11 is 0. The van der Waals surface area contributed by atoms with E-state index in [4.69, 9.17) is 4.74 Å². The van der Waals surface area contributed by atoms with Gasteiger partial charge >= 0.3 is 0 Å². The number of carbonyl (C=O) groups excluding carboxylic acids is 2. The maximum absolute atomic E-state index is 12.9. The predicted molar refractivity (Wildman–Crippen MR) is 96.0 cm³/mol. The highest BCUT2D eigenvalue weighted by molar-refractivity contribution is 5.94. The number of hydrogen-bond acceptors (Lipinski definition) is 4. The molecule has 2 aliphatic heterocycles. The zero-order valence-corrected chi connectivity index (χ0v) is 14.7. The second-order valence-electron chi connectivity index (χ2n) is 6.72. The van der Waals surface area contributed by atoms with Crippen LogP contribution in [0.5, 0.6) is 5.75 Å². The number of pyridine rings is 1. The minimum Gasteiger partial charge on any atom is -0.480 e. The quantitative estimate of drug-likeness (QED) is 0.829. The Bertz CT molecular complexity index is 816. The normalized spacial score (nSPS) is 21.9. The maximum Gasteiger partial charge on any atom is 0.264 e. The number of hydrogen-bond donors (Lipinski definition) is 0. The number of rotatable bonds is 2. The monoisotopic (exact) mass is 351 g/mol. The van der Waals surface area contributed by atoms with Crippen molar-refractivity contribution < 1.29 is 14.3 Å². The molecule has 0 radical (unpaired) electrons. The van der Waals surface area contributed by atoms with E-state index in [0.29, 0.717) is 31.7 Å². The van der Waals surface area contributed by atoms with Gasteiger partial charge < -0.3 is 14.5 Å². The molecule has 2 aliphatic rings. The Morgan fingerprint density at radius 3 is 2.35 bits per heavy atom. The first-order valence-electron chi connectivity index (χ1n) is 8.89. The Balaban J connectivity index is 1.38. The molecule has 6 heteroatoms. The number of amides is 2. The Labute approximate surface area is 152 Å². The van der Waals surface area contributed by atoms with Crippen LogP contribution in [0.25, 0.3) is 0 Å². The lowest BCUT2D eigenvalue weighted by molar-refractivity contribution is -0.140. The van der Waals surface area contributed by atoms with Gasteiger partial charge in [0.1, 0.15) is 5.75 Å². The van der Waals surface area contributed by atoms with Crippen molar-refractivity contribution in [3.63, 3.8) is 0 Å². The van der Waals surface area contributed by atoms with E-state index in [-0.39, 0.29) is 17.7 Å². The Hall–Kier alpha value is -2.89. The molecule has 2 atom stereocenters. The van der Waals surface area contributed by atoms with Gasteiger partial charge in [0.05, 0.1) is 0 Å². The van der Waals surface area contributed by atoms with Crippen molar-refractivity contribution in [3.05, 3.63) is 59.9 Å². The van der Waals surface area contributed by atoms with Crippen LogP contribution in [0.2, 0.25) is 0 Å². The average Bonchev–Trinajstić information content (AvgIpc) is 3.04. The fraction of sp³-hybridized carbons (Fsp3) is 0.350. The van der Waals surface area contributed by atoms with Gasteiger partial charge in [-0.25, -0.2) is 0 Å². The van der Waals surface area contributed by atoms with E-state index in [1.165, 1.54) is 0 Å². The molecule has 0 saturated carbocycles. The Morgan fingerprint density at radius 1 is 1.00 bits per heavy atom. The standard InChI is InChI=1S/C20H21N3O3/c1-14-16-4-2-3-5-17(16)26-18(14)20(25)23-12-10-22(11-13-23)19(24)15-6-8-21-9-7-15/h2-9,14,18H,10-13H2,1H3/t14-,18+/m0/s1. The second-order valence-corrected chi connectivity index (χ2v) is 6.72. The van der Waals surface area contributed by atoms with E-state index in [2.05, 4.69) is 4.98 Å². The van der Waals surface area contributed by atoms with Crippen molar-refractivity contribution in [2.75, 3.05) is 26.2 Å². The molecule has 3 heterocycles. The lowest BCUT2D eigenvalue weighted by Crippen LogP contribution is -2.53. The van der Waals surface area contributed by atoms with Crippen LogP contribution >= 0.6 is 0 Å². The minimum atomic E-state index is -0.477. The summed E-state index contributed by atoms with van der Waals surface area (Å²) in [6.45, 7) is 4.14. The van der Waals surface area contributed by atoms with Gasteiger partial charge in [-0.3, -0.25) is 14.6 Å². The molecular formula is C20H21N3O3. The molecule has 0 bridgehead atoms. The van der Waals surface area contributed by atoms with Gasteiger partial charge in [-0.1, -0.05) is 25.1 Å². The Kier molecular flexibility index (Phi) is 4.32. The van der Waals surface area contributed by atoms with Crippen LogP contribution in [-0.4, -0.2) is 58.9 Å². The summed E-state index contributed by atoms with van der Waals surface area (Å²) in [5.41, 5.74) is 1.71. The SMILES string of the molecule is C[C@H]1c2ccccc2O[C@H]1C(=O)N1CCN(C(=O)c2ccncc2)CC1. The van der Waals surface area contributed by atoms with Crippen LogP contribution in [0.15, 0.2) is 48.8 Å². The van der Waals surface area contributed by atoms with Crippen LogP contribution in [0.3, 0.4) is 0 Å². The van der Waals surface area contributed by atoms with Gasteiger partial charge in [-0.2, -0.15) is 0 Å². The van der Waals surface area contributed by atoms with Gasteiger partial charge in [0, 0.05) is 55.6 Å². The van der Waals surface area contributed by atoms with Crippen LogP contribution in [-0.2, 0) is 4.79 Å². The number of para-hydroxylation sites is 1. The summed E-state index contributed by atoms with van der Waals surface area (Å²) < 4.78 is 5.90. The van der Waals surface area contributed by atoms with Crippen LogP contribution in [0.4, 0.5) is 0 Å². The molecule has 1 fully saturated rings. The topological polar surface area (TPSA) is 62.7 Å². The number of aromatic nitrogens is 1. The smallest absolute Gasteiger partial charge is 0.264 e. The highest BCUT2D eigenvalue weighted by atomic mass is 16.5. The molecule has 1 saturated heterocycles. The van der Waals surface area contributed by atoms with Gasteiger partial charge in [0.2, 0.25) is 0 Å². The molecule has 0 spiro atoms. The third-order valence-electron chi connectivity index (χ3n) is 5.17. The third kappa shape index (κ3) is 2.92.